The number of non-ortho nitro benzene ring substituents is 2. The summed E-state index contributed by atoms with van der Waals surface area (Å²) in [5.41, 5.74) is -2.82. The molecule has 2 aromatic carbocycles. The van der Waals surface area contributed by atoms with Crippen LogP contribution in [0.15, 0.2) is 36.4 Å². The monoisotopic (exact) mass is 398 g/mol. The summed E-state index contributed by atoms with van der Waals surface area (Å²) < 4.78 is 38.9. The molecule has 0 radical (unpaired) electrons. The molecular weight excluding hydrogens is 385 g/mol. The van der Waals surface area contributed by atoms with Crippen molar-refractivity contribution in [3.05, 3.63) is 67.8 Å². The molecule has 0 bridgehead atoms. The summed E-state index contributed by atoms with van der Waals surface area (Å²) in [6.07, 6.45) is -4.66. The SMILES string of the molecule is CN(C)c1ccc(C(F)(F)F)cc1NC(=O)c1cc([N+](=O)[O-])cc([N+](=O)[O-])c1. The number of hydrogen-bond acceptors (Lipinski definition) is 6. The number of carbonyl (C=O) groups excluding carboxylic acids is 1. The summed E-state index contributed by atoms with van der Waals surface area (Å²) in [6.45, 7) is 0. The number of nitro groups is 2. The molecule has 2 rings (SSSR count). The van der Waals surface area contributed by atoms with Crippen LogP contribution in [0.1, 0.15) is 15.9 Å². The fourth-order valence-corrected chi connectivity index (χ4v) is 2.33. The first-order chi connectivity index (χ1) is 12.9. The molecular formula is C16H13F3N4O5. The lowest BCUT2D eigenvalue weighted by Gasteiger charge is -2.19. The Kier molecular flexibility index (Phi) is 5.52. The van der Waals surface area contributed by atoms with Crippen molar-refractivity contribution in [3.8, 4) is 0 Å². The Balaban J connectivity index is 2.49. The summed E-state index contributed by atoms with van der Waals surface area (Å²) in [5.74, 6) is -1.03. The number of alkyl halides is 3. The predicted octanol–water partition coefficient (Wildman–Crippen LogP) is 3.84. The normalized spacial score (nSPS) is 11.0. The number of benzene rings is 2. The third-order valence-electron chi connectivity index (χ3n) is 3.64. The first-order valence-electron chi connectivity index (χ1n) is 7.54. The minimum absolute atomic E-state index is 0.209. The molecule has 0 aromatic heterocycles. The molecule has 9 nitrogen and oxygen atoms in total. The number of nitrogens with zero attached hydrogens (tertiary/aromatic N) is 3. The van der Waals surface area contributed by atoms with Crippen LogP contribution in [0.25, 0.3) is 0 Å². The summed E-state index contributed by atoms with van der Waals surface area (Å²) in [6, 6.07) is 4.96. The average Bonchev–Trinajstić information content (AvgIpc) is 2.60. The molecule has 148 valence electrons. The topological polar surface area (TPSA) is 119 Å². The highest BCUT2D eigenvalue weighted by Crippen LogP contribution is 2.35. The Labute approximate surface area is 155 Å². The van der Waals surface area contributed by atoms with Gasteiger partial charge in [-0.1, -0.05) is 0 Å². The third kappa shape index (κ3) is 4.52. The summed E-state index contributed by atoms with van der Waals surface area (Å²) >= 11 is 0. The molecule has 0 aliphatic carbocycles. The van der Waals surface area contributed by atoms with Crippen LogP contribution in [0.3, 0.4) is 0 Å². The Morgan fingerprint density at radius 3 is 1.96 bits per heavy atom. The van der Waals surface area contributed by atoms with Crippen LogP contribution in [0.4, 0.5) is 35.9 Å². The molecule has 0 aliphatic rings. The van der Waals surface area contributed by atoms with Crippen LogP contribution in [0, 0.1) is 20.2 Å². The van der Waals surface area contributed by atoms with E-state index < -0.39 is 44.4 Å². The zero-order chi connectivity index (χ0) is 21.2. The highest BCUT2D eigenvalue weighted by Gasteiger charge is 2.31. The van der Waals surface area contributed by atoms with Gasteiger partial charge in [-0.2, -0.15) is 13.2 Å². The molecule has 0 heterocycles. The van der Waals surface area contributed by atoms with E-state index in [1.807, 2.05) is 0 Å². The molecule has 1 amide bonds. The molecule has 0 saturated carbocycles. The van der Waals surface area contributed by atoms with Gasteiger partial charge in [0.1, 0.15) is 0 Å². The van der Waals surface area contributed by atoms with Crippen LogP contribution in [-0.4, -0.2) is 29.8 Å². The van der Waals surface area contributed by atoms with E-state index in [1.54, 1.807) is 0 Å². The highest BCUT2D eigenvalue weighted by molar-refractivity contribution is 6.06. The van der Waals surface area contributed by atoms with Crippen LogP contribution in [0.2, 0.25) is 0 Å². The van der Waals surface area contributed by atoms with Crippen molar-refractivity contribution >= 4 is 28.7 Å². The van der Waals surface area contributed by atoms with Crippen molar-refractivity contribution in [1.82, 2.24) is 0 Å². The van der Waals surface area contributed by atoms with Gasteiger partial charge in [0.15, 0.2) is 0 Å². The lowest BCUT2D eigenvalue weighted by atomic mass is 10.1. The quantitative estimate of drug-likeness (QED) is 0.604. The van der Waals surface area contributed by atoms with E-state index in [1.165, 1.54) is 19.0 Å². The number of hydrogen-bond donors (Lipinski definition) is 1. The Morgan fingerprint density at radius 1 is 1.00 bits per heavy atom. The van der Waals surface area contributed by atoms with Crippen molar-refractivity contribution < 1.29 is 27.8 Å². The van der Waals surface area contributed by atoms with Gasteiger partial charge in [0.25, 0.3) is 17.3 Å². The van der Waals surface area contributed by atoms with Gasteiger partial charge in [-0.05, 0) is 18.2 Å². The molecule has 0 spiro atoms. The molecule has 2 aromatic rings. The van der Waals surface area contributed by atoms with Gasteiger partial charge in [0.05, 0.1) is 38.4 Å². The number of nitrogens with one attached hydrogen (secondary N) is 1. The first-order valence-corrected chi connectivity index (χ1v) is 7.54. The van der Waals surface area contributed by atoms with Crippen LogP contribution in [0.5, 0.6) is 0 Å². The summed E-state index contributed by atoms with van der Waals surface area (Å²) in [4.78, 5) is 33.9. The largest absolute Gasteiger partial charge is 0.416 e. The zero-order valence-electron chi connectivity index (χ0n) is 14.5. The van der Waals surface area contributed by atoms with Crippen LogP contribution in [-0.2, 0) is 6.18 Å². The van der Waals surface area contributed by atoms with E-state index in [2.05, 4.69) is 5.32 Å². The Bertz CT molecular complexity index is 928. The van der Waals surface area contributed by atoms with Gasteiger partial charge in [0, 0.05) is 26.2 Å². The fraction of sp³-hybridized carbons (Fsp3) is 0.188. The second-order valence-corrected chi connectivity index (χ2v) is 5.83. The zero-order valence-corrected chi connectivity index (χ0v) is 14.5. The van der Waals surface area contributed by atoms with Crippen molar-refractivity contribution in [2.45, 2.75) is 6.18 Å². The average molecular weight is 398 g/mol. The molecule has 1 N–H and O–H groups in total. The van der Waals surface area contributed by atoms with Gasteiger partial charge >= 0.3 is 6.18 Å². The number of halogens is 3. The number of anilines is 2. The van der Waals surface area contributed by atoms with E-state index in [0.29, 0.717) is 12.1 Å². The minimum atomic E-state index is -4.66. The van der Waals surface area contributed by atoms with Crippen LogP contribution < -0.4 is 10.2 Å². The summed E-state index contributed by atoms with van der Waals surface area (Å²) in [5, 5.41) is 24.1. The lowest BCUT2D eigenvalue weighted by molar-refractivity contribution is -0.394. The molecule has 0 aliphatic heterocycles. The maximum Gasteiger partial charge on any atom is 0.416 e. The predicted molar refractivity (Wildman–Crippen MR) is 93.5 cm³/mol. The van der Waals surface area contributed by atoms with Gasteiger partial charge in [-0.15, -0.1) is 0 Å². The molecule has 0 fully saturated rings. The smallest absolute Gasteiger partial charge is 0.376 e. The lowest BCUT2D eigenvalue weighted by Crippen LogP contribution is -2.18. The molecule has 0 atom stereocenters. The third-order valence-corrected chi connectivity index (χ3v) is 3.64. The minimum Gasteiger partial charge on any atom is -0.376 e. The Morgan fingerprint density at radius 2 is 1.54 bits per heavy atom. The number of carbonyl (C=O) groups is 1. The van der Waals surface area contributed by atoms with Gasteiger partial charge in [-0.25, -0.2) is 0 Å². The van der Waals surface area contributed by atoms with E-state index in [9.17, 15) is 38.2 Å². The van der Waals surface area contributed by atoms with Crippen LogP contribution >= 0.6 is 0 Å². The van der Waals surface area contributed by atoms with Gasteiger partial charge in [0.2, 0.25) is 0 Å². The second kappa shape index (κ2) is 7.50. The van der Waals surface area contributed by atoms with Crippen molar-refractivity contribution in [1.29, 1.82) is 0 Å². The highest BCUT2D eigenvalue weighted by atomic mass is 19.4. The molecule has 12 heteroatoms. The van der Waals surface area contributed by atoms with E-state index in [0.717, 1.165) is 24.3 Å². The van der Waals surface area contributed by atoms with E-state index >= 15 is 0 Å². The first kappa shape index (κ1) is 20.6. The Hall–Kier alpha value is -3.70. The van der Waals surface area contributed by atoms with Crippen molar-refractivity contribution in [2.24, 2.45) is 0 Å². The van der Waals surface area contributed by atoms with Gasteiger partial charge < -0.3 is 10.2 Å². The molecule has 28 heavy (non-hydrogen) atoms. The summed E-state index contributed by atoms with van der Waals surface area (Å²) in [7, 11) is 3.08. The van der Waals surface area contributed by atoms with E-state index in [-0.39, 0.29) is 11.4 Å². The number of rotatable bonds is 5. The van der Waals surface area contributed by atoms with Gasteiger partial charge in [-0.3, -0.25) is 25.0 Å². The van der Waals surface area contributed by atoms with Crippen molar-refractivity contribution in [3.63, 3.8) is 0 Å². The number of nitro benzene ring substituents is 2. The fourth-order valence-electron chi connectivity index (χ4n) is 2.33. The molecule has 0 unspecified atom stereocenters. The molecule has 0 saturated heterocycles. The maximum atomic E-state index is 13.0. The number of amides is 1. The van der Waals surface area contributed by atoms with E-state index in [4.69, 9.17) is 0 Å². The maximum absolute atomic E-state index is 13.0. The van der Waals surface area contributed by atoms with Crippen molar-refractivity contribution in [2.75, 3.05) is 24.3 Å². The standard InChI is InChI=1S/C16H13F3N4O5/c1-21(2)14-4-3-10(16(17,18)19)7-13(14)20-15(24)9-5-11(22(25)26)8-12(6-9)23(27)28/h3-8H,1-2H3,(H,20,24). The second-order valence-electron chi connectivity index (χ2n) is 5.83.